The van der Waals surface area contributed by atoms with Gasteiger partial charge in [-0.3, -0.25) is 0 Å². The Labute approximate surface area is 186 Å². The minimum Gasteiger partial charge on any atom is -0.361 e. The SMILES string of the molecule is c1ccc(Cc2c[nH]c3ccc4c(c23)-c2ccc3[nH]cc(Cc5ccccc5)c3c2-4)cc1. The standard InChI is InChI=1S/C30H22N2/c1-3-7-19(8-4-1)15-21-17-31-25-13-11-23-29(27(21)25)24-12-14-26-28(30(23)24)22(18-32-26)16-20-9-5-2-6-10-20/h1-14,17-18,31-32H,15-16H2. The molecule has 152 valence electrons. The maximum atomic E-state index is 3.51. The Morgan fingerprint density at radius 2 is 0.906 bits per heavy atom. The van der Waals surface area contributed by atoms with Gasteiger partial charge in [-0.1, -0.05) is 72.8 Å². The molecule has 6 aromatic rings. The Bertz CT molecular complexity index is 1460. The van der Waals surface area contributed by atoms with Gasteiger partial charge in [-0.2, -0.15) is 0 Å². The highest BCUT2D eigenvalue weighted by Gasteiger charge is 2.29. The number of aromatic amines is 2. The van der Waals surface area contributed by atoms with Gasteiger partial charge in [-0.15, -0.1) is 0 Å². The molecular formula is C30H22N2. The summed E-state index contributed by atoms with van der Waals surface area (Å²) in [6.07, 6.45) is 6.26. The van der Waals surface area contributed by atoms with E-state index in [-0.39, 0.29) is 0 Å². The summed E-state index contributed by atoms with van der Waals surface area (Å²) in [5, 5.41) is 2.75. The molecule has 32 heavy (non-hydrogen) atoms. The summed E-state index contributed by atoms with van der Waals surface area (Å²) in [4.78, 5) is 7.02. The van der Waals surface area contributed by atoms with Gasteiger partial charge < -0.3 is 9.97 Å². The maximum absolute atomic E-state index is 3.51. The summed E-state index contributed by atoms with van der Waals surface area (Å²) in [5.74, 6) is 0. The first-order valence-corrected chi connectivity index (χ1v) is 11.2. The van der Waals surface area contributed by atoms with Crippen LogP contribution in [0.3, 0.4) is 0 Å². The lowest BCUT2D eigenvalue weighted by Gasteiger charge is -2.27. The second-order valence-corrected chi connectivity index (χ2v) is 8.77. The van der Waals surface area contributed by atoms with Crippen molar-refractivity contribution < 1.29 is 0 Å². The van der Waals surface area contributed by atoms with E-state index in [4.69, 9.17) is 0 Å². The van der Waals surface area contributed by atoms with Gasteiger partial charge in [0.05, 0.1) is 0 Å². The number of nitrogens with one attached hydrogen (secondary N) is 2. The molecule has 0 radical (unpaired) electrons. The van der Waals surface area contributed by atoms with E-state index in [1.54, 1.807) is 0 Å². The zero-order chi connectivity index (χ0) is 21.1. The van der Waals surface area contributed by atoms with Crippen LogP contribution >= 0.6 is 0 Å². The molecule has 0 fully saturated rings. The molecule has 0 unspecified atom stereocenters. The van der Waals surface area contributed by atoms with Gasteiger partial charge >= 0.3 is 0 Å². The molecule has 1 aliphatic carbocycles. The molecule has 2 aromatic heterocycles. The predicted molar refractivity (Wildman–Crippen MR) is 133 cm³/mol. The van der Waals surface area contributed by atoms with E-state index in [9.17, 15) is 0 Å². The van der Waals surface area contributed by atoms with Crippen LogP contribution in [0.15, 0.2) is 97.3 Å². The van der Waals surface area contributed by atoms with Crippen LogP contribution in [0.4, 0.5) is 0 Å². The van der Waals surface area contributed by atoms with E-state index in [0.717, 1.165) is 12.8 Å². The fraction of sp³-hybridized carbons (Fsp3) is 0.0667. The number of aromatic nitrogens is 2. The lowest BCUT2D eigenvalue weighted by Crippen LogP contribution is -2.02. The highest BCUT2D eigenvalue weighted by atomic mass is 14.7. The first-order valence-electron chi connectivity index (χ1n) is 11.2. The van der Waals surface area contributed by atoms with Crippen molar-refractivity contribution >= 4 is 21.8 Å². The average molecular weight is 411 g/mol. The number of benzene rings is 4. The quantitative estimate of drug-likeness (QED) is 0.301. The van der Waals surface area contributed by atoms with Crippen molar-refractivity contribution in [3.05, 3.63) is 120 Å². The summed E-state index contributed by atoms with van der Waals surface area (Å²) in [6, 6.07) is 30.6. The number of H-pyrrole nitrogens is 2. The summed E-state index contributed by atoms with van der Waals surface area (Å²) in [5.41, 5.74) is 13.4. The van der Waals surface area contributed by atoms with Gasteiger partial charge in [0.15, 0.2) is 0 Å². The average Bonchev–Trinajstić information content (AvgIpc) is 3.41. The van der Waals surface area contributed by atoms with Crippen LogP contribution in [-0.4, -0.2) is 9.97 Å². The molecule has 4 aromatic carbocycles. The van der Waals surface area contributed by atoms with Crippen LogP contribution < -0.4 is 0 Å². The zero-order valence-corrected chi connectivity index (χ0v) is 17.7. The van der Waals surface area contributed by atoms with E-state index >= 15 is 0 Å². The first kappa shape index (κ1) is 17.6. The molecule has 1 aliphatic rings. The lowest BCUT2D eigenvalue weighted by molar-refractivity contribution is 1.21. The molecule has 0 amide bonds. The fourth-order valence-corrected chi connectivity index (χ4v) is 5.41. The van der Waals surface area contributed by atoms with Gasteiger partial charge in [0.1, 0.15) is 0 Å². The molecule has 0 spiro atoms. The van der Waals surface area contributed by atoms with Crippen molar-refractivity contribution in [2.24, 2.45) is 0 Å². The van der Waals surface area contributed by atoms with Crippen LogP contribution in [0.25, 0.3) is 44.1 Å². The Morgan fingerprint density at radius 1 is 0.469 bits per heavy atom. The van der Waals surface area contributed by atoms with Crippen molar-refractivity contribution in [3.8, 4) is 22.3 Å². The van der Waals surface area contributed by atoms with Crippen LogP contribution in [0, 0.1) is 0 Å². The molecule has 2 nitrogen and oxygen atoms in total. The van der Waals surface area contributed by atoms with Crippen molar-refractivity contribution in [2.75, 3.05) is 0 Å². The zero-order valence-electron chi connectivity index (χ0n) is 17.7. The third kappa shape index (κ3) is 2.53. The highest BCUT2D eigenvalue weighted by molar-refractivity contribution is 6.22. The Morgan fingerprint density at radius 3 is 1.34 bits per heavy atom. The fourth-order valence-electron chi connectivity index (χ4n) is 5.41. The smallest absolute Gasteiger partial charge is 0.0463 e. The third-order valence-electron chi connectivity index (χ3n) is 6.87. The van der Waals surface area contributed by atoms with Gasteiger partial charge in [-0.25, -0.2) is 0 Å². The van der Waals surface area contributed by atoms with Gasteiger partial charge in [0.2, 0.25) is 0 Å². The molecule has 0 saturated carbocycles. The summed E-state index contributed by atoms with van der Waals surface area (Å²) in [6.45, 7) is 0. The third-order valence-corrected chi connectivity index (χ3v) is 6.87. The van der Waals surface area contributed by atoms with E-state index in [1.807, 2.05) is 0 Å². The van der Waals surface area contributed by atoms with Gasteiger partial charge in [0, 0.05) is 34.2 Å². The number of hydrogen-bond acceptors (Lipinski definition) is 0. The molecule has 0 bridgehead atoms. The molecule has 0 saturated heterocycles. The summed E-state index contributed by atoms with van der Waals surface area (Å²) in [7, 11) is 0. The second-order valence-electron chi connectivity index (χ2n) is 8.77. The summed E-state index contributed by atoms with van der Waals surface area (Å²) < 4.78 is 0. The van der Waals surface area contributed by atoms with Crippen molar-refractivity contribution in [1.82, 2.24) is 9.97 Å². The Balaban J connectivity index is 1.38. The van der Waals surface area contributed by atoms with Gasteiger partial charge in [-0.05, 0) is 69.5 Å². The Hall–Kier alpha value is -4.04. The number of rotatable bonds is 4. The monoisotopic (exact) mass is 410 g/mol. The van der Waals surface area contributed by atoms with E-state index in [0.29, 0.717) is 0 Å². The summed E-state index contributed by atoms with van der Waals surface area (Å²) >= 11 is 0. The number of fused-ring (bicyclic) bond motifs is 8. The normalized spacial score (nSPS) is 12.0. The molecule has 0 atom stereocenters. The van der Waals surface area contributed by atoms with Crippen LogP contribution in [0.5, 0.6) is 0 Å². The van der Waals surface area contributed by atoms with E-state index in [2.05, 4.69) is 107 Å². The van der Waals surface area contributed by atoms with Gasteiger partial charge in [0.25, 0.3) is 0 Å². The van der Waals surface area contributed by atoms with Crippen molar-refractivity contribution in [2.45, 2.75) is 12.8 Å². The Kier molecular flexibility index (Phi) is 3.71. The lowest BCUT2D eigenvalue weighted by atomic mass is 9.75. The molecule has 2 heteroatoms. The van der Waals surface area contributed by atoms with Crippen molar-refractivity contribution in [3.63, 3.8) is 0 Å². The topological polar surface area (TPSA) is 31.6 Å². The van der Waals surface area contributed by atoms with Crippen LogP contribution in [0.2, 0.25) is 0 Å². The molecule has 2 heterocycles. The van der Waals surface area contributed by atoms with E-state index in [1.165, 1.54) is 66.3 Å². The molecular weight excluding hydrogens is 388 g/mol. The maximum Gasteiger partial charge on any atom is 0.0463 e. The second kappa shape index (κ2) is 6.73. The molecule has 0 aliphatic heterocycles. The van der Waals surface area contributed by atoms with Crippen molar-refractivity contribution in [1.29, 1.82) is 0 Å². The molecule has 2 N–H and O–H groups in total. The minimum absolute atomic E-state index is 0.943. The highest BCUT2D eigenvalue weighted by Crippen LogP contribution is 2.54. The van der Waals surface area contributed by atoms with Crippen LogP contribution in [-0.2, 0) is 12.8 Å². The minimum atomic E-state index is 0.943. The molecule has 7 rings (SSSR count). The largest absolute Gasteiger partial charge is 0.361 e. The first-order chi connectivity index (χ1) is 15.9. The number of hydrogen-bond donors (Lipinski definition) is 2. The van der Waals surface area contributed by atoms with Crippen LogP contribution in [0.1, 0.15) is 22.3 Å². The predicted octanol–water partition coefficient (Wildman–Crippen LogP) is 7.48. The van der Waals surface area contributed by atoms with E-state index < -0.39 is 0 Å².